The Kier molecular flexibility index (Phi) is 39.2. The first kappa shape index (κ1) is 49.9. The molecule has 1 fully saturated rings. The van der Waals surface area contributed by atoms with Crippen molar-refractivity contribution in [2.45, 2.75) is 207 Å². The number of rotatable bonds is 36. The maximum Gasteiger partial charge on any atom is 0.306 e. The highest BCUT2D eigenvalue weighted by atomic mass is 32.2. The monoisotopic (exact) mass is 740 g/mol. The molecule has 3 N–H and O–H groups in total. The number of thioether (sulfide) groups is 1. The third-order valence-corrected chi connectivity index (χ3v) is 11.1. The number of nitrogens with one attached hydrogen (secondary N) is 1. The Labute approximate surface area is 320 Å². The van der Waals surface area contributed by atoms with Gasteiger partial charge in [0.2, 0.25) is 5.91 Å². The van der Waals surface area contributed by atoms with Crippen molar-refractivity contribution in [3.05, 3.63) is 0 Å². The van der Waals surface area contributed by atoms with Gasteiger partial charge < -0.3 is 25.5 Å². The summed E-state index contributed by atoms with van der Waals surface area (Å²) in [6, 6.07) is -0.465. The van der Waals surface area contributed by atoms with Gasteiger partial charge in [0.15, 0.2) is 0 Å². The summed E-state index contributed by atoms with van der Waals surface area (Å²) in [5.41, 5.74) is 5.99. The molecule has 1 heterocycles. The molecule has 0 spiro atoms. The molecule has 51 heavy (non-hydrogen) atoms. The van der Waals surface area contributed by atoms with E-state index in [-0.39, 0.29) is 11.9 Å². The van der Waals surface area contributed by atoms with Crippen LogP contribution in [0.15, 0.2) is 0 Å². The van der Waals surface area contributed by atoms with E-state index >= 15 is 0 Å². The minimum atomic E-state index is -0.465. The van der Waals surface area contributed by atoms with Gasteiger partial charge in [-0.05, 0) is 70.3 Å². The fourth-order valence-corrected chi connectivity index (χ4v) is 7.51. The van der Waals surface area contributed by atoms with E-state index in [0.717, 1.165) is 50.2 Å². The van der Waals surface area contributed by atoms with Crippen LogP contribution in [0, 0.1) is 5.92 Å². The summed E-state index contributed by atoms with van der Waals surface area (Å²) in [5, 5.41) is 2.95. The van der Waals surface area contributed by atoms with Gasteiger partial charge >= 0.3 is 5.97 Å². The van der Waals surface area contributed by atoms with Gasteiger partial charge in [0.25, 0.3) is 0 Å². The van der Waals surface area contributed by atoms with E-state index < -0.39 is 6.04 Å². The maximum absolute atomic E-state index is 12.1. The lowest BCUT2D eigenvalue weighted by Gasteiger charge is -2.15. The van der Waals surface area contributed by atoms with Crippen molar-refractivity contribution < 1.29 is 19.1 Å². The number of unbranched alkanes of at least 4 members (excludes halogenated alkanes) is 18. The van der Waals surface area contributed by atoms with Crippen molar-refractivity contribution in [3.63, 3.8) is 0 Å². The van der Waals surface area contributed by atoms with Crippen molar-refractivity contribution in [1.82, 2.24) is 10.2 Å². The summed E-state index contributed by atoms with van der Waals surface area (Å²) < 4.78 is 5.34. The summed E-state index contributed by atoms with van der Waals surface area (Å²) in [5.74, 6) is 1.68. The number of carbonyl (C=O) groups excluding carboxylic acids is 3. The van der Waals surface area contributed by atoms with E-state index in [1.54, 1.807) is 11.8 Å². The molecule has 1 rings (SSSR count). The molecule has 2 unspecified atom stereocenters. The normalized spacial score (nSPS) is 14.1. The zero-order chi connectivity index (χ0) is 37.5. The van der Waals surface area contributed by atoms with E-state index in [4.69, 9.17) is 10.5 Å². The second-order valence-electron chi connectivity index (χ2n) is 15.0. The van der Waals surface area contributed by atoms with Gasteiger partial charge in [-0.25, -0.2) is 0 Å². The number of aldehydes is 1. The average Bonchev–Trinajstić information content (AvgIpc) is 3.66. The highest BCUT2D eigenvalue weighted by Gasteiger charge is 2.14. The Morgan fingerprint density at radius 3 is 1.71 bits per heavy atom. The molecular formula is C43H85N3O4S. The van der Waals surface area contributed by atoms with Crippen molar-refractivity contribution in [1.29, 1.82) is 0 Å². The predicted molar refractivity (Wildman–Crippen MR) is 222 cm³/mol. The first-order valence-electron chi connectivity index (χ1n) is 21.9. The van der Waals surface area contributed by atoms with Gasteiger partial charge in [-0.15, -0.1) is 0 Å². The van der Waals surface area contributed by atoms with Gasteiger partial charge in [-0.2, -0.15) is 11.8 Å². The highest BCUT2D eigenvalue weighted by Crippen LogP contribution is 2.17. The molecule has 1 amide bonds. The van der Waals surface area contributed by atoms with Crippen molar-refractivity contribution in [3.8, 4) is 0 Å². The molecule has 0 bridgehead atoms. The third kappa shape index (κ3) is 35.7. The number of amides is 1. The largest absolute Gasteiger partial charge is 0.466 e. The molecule has 8 heteroatoms. The van der Waals surface area contributed by atoms with Crippen LogP contribution in [-0.4, -0.2) is 73.4 Å². The van der Waals surface area contributed by atoms with Crippen LogP contribution in [0.25, 0.3) is 0 Å². The zero-order valence-corrected chi connectivity index (χ0v) is 34.9. The first-order chi connectivity index (χ1) is 25.0. The highest BCUT2D eigenvalue weighted by molar-refractivity contribution is 7.99. The lowest BCUT2D eigenvalue weighted by Crippen LogP contribution is -2.41. The molecule has 0 aromatic carbocycles. The van der Waals surface area contributed by atoms with Gasteiger partial charge in [0.1, 0.15) is 6.29 Å². The number of nitrogens with two attached hydrogens (primary N) is 1. The maximum atomic E-state index is 12.1. The summed E-state index contributed by atoms with van der Waals surface area (Å²) >= 11 is 1.67. The lowest BCUT2D eigenvalue weighted by molar-refractivity contribution is -0.143. The molecule has 1 aliphatic rings. The topological polar surface area (TPSA) is 102 Å². The molecule has 2 atom stereocenters. The summed E-state index contributed by atoms with van der Waals surface area (Å²) in [7, 11) is 0. The molecule has 0 aromatic rings. The van der Waals surface area contributed by atoms with Crippen LogP contribution >= 0.6 is 11.8 Å². The Morgan fingerprint density at radius 1 is 0.686 bits per heavy atom. The molecule has 0 aliphatic carbocycles. The minimum absolute atomic E-state index is 0.0617. The molecule has 302 valence electrons. The van der Waals surface area contributed by atoms with E-state index in [1.165, 1.54) is 154 Å². The van der Waals surface area contributed by atoms with Crippen LogP contribution in [0.4, 0.5) is 0 Å². The number of ether oxygens (including phenoxy) is 1. The zero-order valence-electron chi connectivity index (χ0n) is 34.0. The van der Waals surface area contributed by atoms with E-state index in [1.807, 2.05) is 0 Å². The lowest BCUT2D eigenvalue weighted by atomic mass is 9.95. The number of likely N-dealkylation sites (tertiary alicyclic amines) is 1. The number of hydrogen-bond donors (Lipinski definition) is 2. The van der Waals surface area contributed by atoms with E-state index in [2.05, 4.69) is 31.0 Å². The molecule has 0 saturated carbocycles. The smallest absolute Gasteiger partial charge is 0.306 e. The Balaban J connectivity index is 0.00000124. The Morgan fingerprint density at radius 2 is 1.18 bits per heavy atom. The average molecular weight is 740 g/mol. The molecule has 0 radical (unpaired) electrons. The summed E-state index contributed by atoms with van der Waals surface area (Å²) in [6.07, 6.45) is 35.5. The molecule has 0 aromatic heterocycles. The second-order valence-corrected chi connectivity index (χ2v) is 16.2. The van der Waals surface area contributed by atoms with Gasteiger partial charge in [0, 0.05) is 18.2 Å². The van der Waals surface area contributed by atoms with Crippen molar-refractivity contribution in [2.24, 2.45) is 11.7 Å². The van der Waals surface area contributed by atoms with Crippen LogP contribution in [0.5, 0.6) is 0 Å². The van der Waals surface area contributed by atoms with Crippen LogP contribution < -0.4 is 11.1 Å². The number of nitrogens with zero attached hydrogens (tertiary/aromatic N) is 1. The SMILES string of the molecule is CCCCCCCCC(C=O)CCCCCC.CCCCCCCCCCCCCOC(=O)CCSCCC(N)C(=O)NCCCN1CCCC1. The third-order valence-electron chi connectivity index (χ3n) is 10.1. The first-order valence-corrected chi connectivity index (χ1v) is 23.1. The summed E-state index contributed by atoms with van der Waals surface area (Å²) in [4.78, 5) is 37.3. The Hall–Kier alpha value is -1.12. The van der Waals surface area contributed by atoms with Gasteiger partial charge in [0.05, 0.1) is 19.1 Å². The number of hydrogen-bond acceptors (Lipinski definition) is 7. The molecule has 7 nitrogen and oxygen atoms in total. The predicted octanol–water partition coefficient (Wildman–Crippen LogP) is 10.8. The van der Waals surface area contributed by atoms with Crippen LogP contribution in [0.1, 0.15) is 201 Å². The van der Waals surface area contributed by atoms with Crippen molar-refractivity contribution in [2.75, 3.05) is 44.3 Å². The van der Waals surface area contributed by atoms with E-state index in [9.17, 15) is 14.4 Å². The van der Waals surface area contributed by atoms with Crippen molar-refractivity contribution >= 4 is 29.9 Å². The number of esters is 1. The van der Waals surface area contributed by atoms with Crippen LogP contribution in [-0.2, 0) is 19.1 Å². The molecule has 1 aliphatic heterocycles. The second kappa shape index (κ2) is 40.1. The van der Waals surface area contributed by atoms with Gasteiger partial charge in [-0.1, -0.05) is 149 Å². The minimum Gasteiger partial charge on any atom is -0.466 e. The quantitative estimate of drug-likeness (QED) is 0.0375. The molecule has 1 saturated heterocycles. The standard InChI is InChI=1S/C27H53N3O3S.C16H32O/c1-2-3-4-5-6-7-8-9-10-11-14-22-33-26(31)17-24-34-23-16-25(28)27(32)29-18-15-21-30-19-12-13-20-30;1-3-5-7-9-10-12-14-16(15-17)13-11-8-6-4-2/h25H,2-24,28H2,1H3,(H,29,32);15-16H,3-14H2,1-2H3. The fourth-order valence-electron chi connectivity index (χ4n) is 6.58. The van der Waals surface area contributed by atoms with E-state index in [0.29, 0.717) is 31.9 Å². The van der Waals surface area contributed by atoms with Gasteiger partial charge in [-0.3, -0.25) is 9.59 Å². The molecular weight excluding hydrogens is 655 g/mol. The number of carbonyl (C=O) groups is 3. The fraction of sp³-hybridized carbons (Fsp3) is 0.930. The van der Waals surface area contributed by atoms with Crippen LogP contribution in [0.2, 0.25) is 0 Å². The Bertz CT molecular complexity index is 766. The van der Waals surface area contributed by atoms with Crippen LogP contribution in [0.3, 0.4) is 0 Å². The summed E-state index contributed by atoms with van der Waals surface area (Å²) in [6.45, 7) is 11.4.